The summed E-state index contributed by atoms with van der Waals surface area (Å²) in [7, 11) is 0. The molecule has 26 heavy (non-hydrogen) atoms. The van der Waals surface area contributed by atoms with E-state index in [1.807, 2.05) is 0 Å². The summed E-state index contributed by atoms with van der Waals surface area (Å²) < 4.78 is 10.1. The van der Waals surface area contributed by atoms with Crippen molar-refractivity contribution in [1.82, 2.24) is 10.9 Å². The zero-order valence-corrected chi connectivity index (χ0v) is 13.6. The van der Waals surface area contributed by atoms with Crippen molar-refractivity contribution in [1.29, 1.82) is 0 Å². The van der Waals surface area contributed by atoms with Crippen LogP contribution in [0.2, 0.25) is 0 Å². The summed E-state index contributed by atoms with van der Waals surface area (Å²) >= 11 is 0. The van der Waals surface area contributed by atoms with Gasteiger partial charge in [-0.05, 0) is 48.9 Å². The number of hydrazone groups is 2. The molecule has 2 aromatic rings. The Kier molecular flexibility index (Phi) is 4.88. The average Bonchev–Trinajstić information content (AvgIpc) is 3.28. The van der Waals surface area contributed by atoms with Gasteiger partial charge in [-0.15, -0.1) is 0 Å². The molecule has 2 N–H and O–H groups in total. The van der Waals surface area contributed by atoms with E-state index in [1.54, 1.807) is 37.3 Å². The lowest BCUT2D eigenvalue weighted by molar-refractivity contribution is -0.122. The summed E-state index contributed by atoms with van der Waals surface area (Å²) in [6.45, 7) is 1.58. The summed E-state index contributed by atoms with van der Waals surface area (Å²) in [6, 6.07) is 9.56. The third-order valence-electron chi connectivity index (χ3n) is 3.52. The lowest BCUT2D eigenvalue weighted by Crippen LogP contribution is -2.32. The Bertz CT molecular complexity index is 884. The standard InChI is InChI=1S/C17H14N4O5/c1-10-14(19-21-15(10)22)16(23)20-18-9-11-4-6-12(7-5-11)26-17(24)13-3-2-8-25-13/h2-10H,1H3,(H,20,23)(H,21,22)/b18-9+. The van der Waals surface area contributed by atoms with E-state index < -0.39 is 17.8 Å². The van der Waals surface area contributed by atoms with Crippen molar-refractivity contribution in [3.8, 4) is 5.75 Å². The number of hydrogen-bond donors (Lipinski definition) is 2. The predicted molar refractivity (Wildman–Crippen MR) is 90.6 cm³/mol. The molecule has 0 spiro atoms. The van der Waals surface area contributed by atoms with Crippen LogP contribution in [0.1, 0.15) is 23.0 Å². The van der Waals surface area contributed by atoms with Crippen molar-refractivity contribution in [3.05, 3.63) is 54.0 Å². The first-order valence-electron chi connectivity index (χ1n) is 7.61. The van der Waals surface area contributed by atoms with Crippen LogP contribution in [0, 0.1) is 5.92 Å². The maximum Gasteiger partial charge on any atom is 0.379 e. The number of amides is 2. The number of nitrogens with zero attached hydrogens (tertiary/aromatic N) is 2. The molecule has 1 atom stereocenters. The van der Waals surface area contributed by atoms with E-state index >= 15 is 0 Å². The molecule has 3 rings (SSSR count). The molecular weight excluding hydrogens is 340 g/mol. The van der Waals surface area contributed by atoms with Gasteiger partial charge in [-0.3, -0.25) is 9.59 Å². The van der Waals surface area contributed by atoms with Gasteiger partial charge in [0.25, 0.3) is 5.91 Å². The van der Waals surface area contributed by atoms with Gasteiger partial charge in [-0.1, -0.05) is 0 Å². The molecule has 0 aliphatic carbocycles. The molecule has 0 saturated carbocycles. The number of hydrogen-bond acceptors (Lipinski definition) is 7. The Hall–Kier alpha value is -3.75. The van der Waals surface area contributed by atoms with Gasteiger partial charge in [0.05, 0.1) is 18.4 Å². The Morgan fingerprint density at radius 1 is 1.31 bits per heavy atom. The predicted octanol–water partition coefficient (Wildman–Crippen LogP) is 1.07. The molecule has 1 unspecified atom stereocenters. The van der Waals surface area contributed by atoms with Gasteiger partial charge >= 0.3 is 5.97 Å². The highest BCUT2D eigenvalue weighted by molar-refractivity contribution is 6.44. The van der Waals surface area contributed by atoms with E-state index in [-0.39, 0.29) is 17.4 Å². The summed E-state index contributed by atoms with van der Waals surface area (Å²) in [5.74, 6) is -1.66. The lowest BCUT2D eigenvalue weighted by Gasteiger charge is -2.03. The lowest BCUT2D eigenvalue weighted by atomic mass is 10.1. The first kappa shape index (κ1) is 17.1. The number of nitrogens with one attached hydrogen (secondary N) is 2. The molecule has 2 heterocycles. The van der Waals surface area contributed by atoms with Gasteiger partial charge < -0.3 is 9.15 Å². The molecule has 0 saturated heterocycles. The van der Waals surface area contributed by atoms with Crippen molar-refractivity contribution < 1.29 is 23.5 Å². The topological polar surface area (TPSA) is 122 Å². The molecule has 9 heteroatoms. The zero-order chi connectivity index (χ0) is 18.5. The minimum atomic E-state index is -0.617. The Morgan fingerprint density at radius 3 is 2.69 bits per heavy atom. The van der Waals surface area contributed by atoms with E-state index in [9.17, 15) is 14.4 Å². The zero-order valence-electron chi connectivity index (χ0n) is 13.6. The van der Waals surface area contributed by atoms with Gasteiger partial charge in [0.1, 0.15) is 11.5 Å². The fourth-order valence-corrected chi connectivity index (χ4v) is 2.08. The SMILES string of the molecule is CC1C(=O)NN=C1C(=O)N/N=C/c1ccc(OC(=O)c2ccco2)cc1. The van der Waals surface area contributed by atoms with Crippen molar-refractivity contribution in [2.45, 2.75) is 6.92 Å². The number of benzene rings is 1. The normalized spacial score (nSPS) is 16.3. The average molecular weight is 354 g/mol. The molecule has 9 nitrogen and oxygen atoms in total. The molecule has 1 aliphatic heterocycles. The van der Waals surface area contributed by atoms with Crippen LogP contribution in [-0.4, -0.2) is 29.7 Å². The quantitative estimate of drug-likeness (QED) is 0.360. The van der Waals surface area contributed by atoms with Crippen LogP contribution in [0.4, 0.5) is 0 Å². The largest absolute Gasteiger partial charge is 0.457 e. The number of rotatable bonds is 5. The highest BCUT2D eigenvalue weighted by Crippen LogP contribution is 2.14. The van der Waals surface area contributed by atoms with Gasteiger partial charge in [0.2, 0.25) is 11.7 Å². The molecular formula is C17H14N4O5. The maximum absolute atomic E-state index is 11.9. The number of furan rings is 1. The van der Waals surface area contributed by atoms with E-state index in [4.69, 9.17) is 9.15 Å². The van der Waals surface area contributed by atoms with Crippen LogP contribution in [0.3, 0.4) is 0 Å². The summed E-state index contributed by atoms with van der Waals surface area (Å²) in [4.78, 5) is 34.9. The van der Waals surface area contributed by atoms with Gasteiger partial charge in [0, 0.05) is 0 Å². The monoisotopic (exact) mass is 354 g/mol. The Morgan fingerprint density at radius 2 is 2.08 bits per heavy atom. The number of esters is 1. The highest BCUT2D eigenvalue weighted by atomic mass is 16.5. The minimum Gasteiger partial charge on any atom is -0.457 e. The maximum atomic E-state index is 11.9. The van der Waals surface area contributed by atoms with Crippen molar-refractivity contribution in [2.75, 3.05) is 0 Å². The Balaban J connectivity index is 1.54. The molecule has 2 amide bonds. The van der Waals surface area contributed by atoms with Crippen LogP contribution in [0.5, 0.6) is 5.75 Å². The van der Waals surface area contributed by atoms with Crippen LogP contribution in [0.15, 0.2) is 57.3 Å². The molecule has 0 fully saturated rings. The highest BCUT2D eigenvalue weighted by Gasteiger charge is 2.30. The number of carbonyl (C=O) groups is 3. The van der Waals surface area contributed by atoms with E-state index in [0.29, 0.717) is 11.3 Å². The first-order valence-corrected chi connectivity index (χ1v) is 7.61. The third-order valence-corrected chi connectivity index (χ3v) is 3.52. The van der Waals surface area contributed by atoms with Gasteiger partial charge in [-0.2, -0.15) is 10.2 Å². The van der Waals surface area contributed by atoms with Crippen molar-refractivity contribution >= 4 is 29.7 Å². The van der Waals surface area contributed by atoms with E-state index in [0.717, 1.165) is 0 Å². The fraction of sp³-hybridized carbons (Fsp3) is 0.118. The second-order valence-electron chi connectivity index (χ2n) is 5.33. The van der Waals surface area contributed by atoms with E-state index in [2.05, 4.69) is 21.1 Å². The first-order chi connectivity index (χ1) is 12.5. The van der Waals surface area contributed by atoms with Crippen LogP contribution in [-0.2, 0) is 9.59 Å². The molecule has 1 aromatic carbocycles. The molecule has 132 valence electrons. The fourth-order valence-electron chi connectivity index (χ4n) is 2.08. The van der Waals surface area contributed by atoms with Crippen LogP contribution < -0.4 is 15.6 Å². The summed E-state index contributed by atoms with van der Waals surface area (Å²) in [5, 5.41) is 7.47. The van der Waals surface area contributed by atoms with Crippen molar-refractivity contribution in [3.63, 3.8) is 0 Å². The van der Waals surface area contributed by atoms with Gasteiger partial charge in [-0.25, -0.2) is 15.6 Å². The van der Waals surface area contributed by atoms with Crippen LogP contribution in [0.25, 0.3) is 0 Å². The number of carbonyl (C=O) groups excluding carboxylic acids is 3. The van der Waals surface area contributed by atoms with Crippen molar-refractivity contribution in [2.24, 2.45) is 16.1 Å². The Labute approximate surface area is 147 Å². The third kappa shape index (κ3) is 3.83. The second-order valence-corrected chi connectivity index (χ2v) is 5.33. The number of ether oxygens (including phenoxy) is 1. The molecule has 1 aromatic heterocycles. The summed E-state index contributed by atoms with van der Waals surface area (Å²) in [5.41, 5.74) is 5.27. The summed E-state index contributed by atoms with van der Waals surface area (Å²) in [6.07, 6.45) is 2.79. The molecule has 0 radical (unpaired) electrons. The minimum absolute atomic E-state index is 0.0762. The van der Waals surface area contributed by atoms with Gasteiger partial charge in [0.15, 0.2) is 0 Å². The molecule has 0 bridgehead atoms. The second kappa shape index (κ2) is 7.43. The van der Waals surface area contributed by atoms with Crippen LogP contribution >= 0.6 is 0 Å². The smallest absolute Gasteiger partial charge is 0.379 e. The molecule has 1 aliphatic rings. The van der Waals surface area contributed by atoms with E-state index in [1.165, 1.54) is 18.5 Å².